The number of rotatable bonds is 7. The number of benzene rings is 1. The lowest BCUT2D eigenvalue weighted by molar-refractivity contribution is 0.296. The molecule has 4 rings (SSSR count). The summed E-state index contributed by atoms with van der Waals surface area (Å²) in [5.74, 6) is 1.84. The number of hydrogen-bond acceptors (Lipinski definition) is 7. The first-order valence-electron chi connectivity index (χ1n) is 8.67. The summed E-state index contributed by atoms with van der Waals surface area (Å²) in [7, 11) is 3.23. The number of ether oxygens (including phenoxy) is 3. The number of aromatic nitrogens is 5. The van der Waals surface area contributed by atoms with Crippen molar-refractivity contribution in [2.75, 3.05) is 14.2 Å². The van der Waals surface area contributed by atoms with Gasteiger partial charge in [0, 0.05) is 24.5 Å². The maximum Gasteiger partial charge on any atom is 0.243 e. The predicted octanol–water partition coefficient (Wildman–Crippen LogP) is 2.87. The van der Waals surface area contributed by atoms with Gasteiger partial charge in [0.15, 0.2) is 22.7 Å². The molecule has 0 unspecified atom stereocenters. The molecule has 1 aromatic carbocycles. The summed E-state index contributed by atoms with van der Waals surface area (Å²) < 4.78 is 18.6. The van der Waals surface area contributed by atoms with Crippen molar-refractivity contribution in [3.05, 3.63) is 66.5 Å². The topological polar surface area (TPSA) is 84.2 Å². The van der Waals surface area contributed by atoms with Crippen LogP contribution in [0.15, 0.2) is 55.4 Å². The Labute approximate surface area is 161 Å². The molecule has 8 heteroatoms. The molecule has 4 aromatic rings. The second-order valence-electron chi connectivity index (χ2n) is 6.06. The molecule has 0 saturated heterocycles. The summed E-state index contributed by atoms with van der Waals surface area (Å²) in [6, 6.07) is 9.61. The Bertz CT molecular complexity index is 1080. The van der Waals surface area contributed by atoms with E-state index in [1.54, 1.807) is 32.9 Å². The van der Waals surface area contributed by atoms with Crippen LogP contribution in [0.3, 0.4) is 0 Å². The van der Waals surface area contributed by atoms with E-state index in [4.69, 9.17) is 14.2 Å². The van der Waals surface area contributed by atoms with Gasteiger partial charge in [-0.3, -0.25) is 4.98 Å². The van der Waals surface area contributed by atoms with E-state index in [1.165, 1.54) is 6.33 Å². The zero-order valence-electron chi connectivity index (χ0n) is 15.6. The highest BCUT2D eigenvalue weighted by Gasteiger charge is 2.13. The lowest BCUT2D eigenvalue weighted by Crippen LogP contribution is -2.04. The SMILES string of the molecule is COc1ccc(Cn2cnc3ncnc(OCc4cccnc4)c32)cc1OC. The van der Waals surface area contributed by atoms with Gasteiger partial charge in [-0.2, -0.15) is 4.98 Å². The number of methoxy groups -OCH3 is 2. The Morgan fingerprint density at radius 1 is 0.964 bits per heavy atom. The van der Waals surface area contributed by atoms with Crippen molar-refractivity contribution in [1.29, 1.82) is 0 Å². The quantitative estimate of drug-likeness (QED) is 0.490. The highest BCUT2D eigenvalue weighted by Crippen LogP contribution is 2.29. The molecule has 3 aromatic heterocycles. The first-order chi connectivity index (χ1) is 13.8. The van der Waals surface area contributed by atoms with Crippen LogP contribution in [0.1, 0.15) is 11.1 Å². The van der Waals surface area contributed by atoms with E-state index in [9.17, 15) is 0 Å². The van der Waals surface area contributed by atoms with Crippen molar-refractivity contribution >= 4 is 11.2 Å². The van der Waals surface area contributed by atoms with Crippen LogP contribution in [0.25, 0.3) is 11.2 Å². The van der Waals surface area contributed by atoms with Crippen LogP contribution in [0.2, 0.25) is 0 Å². The molecule has 0 saturated carbocycles. The molecule has 0 aliphatic heterocycles. The van der Waals surface area contributed by atoms with Crippen molar-refractivity contribution in [2.45, 2.75) is 13.2 Å². The number of pyridine rings is 1. The maximum atomic E-state index is 5.93. The van der Waals surface area contributed by atoms with Gasteiger partial charge < -0.3 is 18.8 Å². The fourth-order valence-electron chi connectivity index (χ4n) is 2.92. The van der Waals surface area contributed by atoms with Crippen LogP contribution in [0.4, 0.5) is 0 Å². The second-order valence-corrected chi connectivity index (χ2v) is 6.06. The predicted molar refractivity (Wildman–Crippen MR) is 103 cm³/mol. The van der Waals surface area contributed by atoms with Crippen molar-refractivity contribution in [2.24, 2.45) is 0 Å². The molecule has 0 bridgehead atoms. The van der Waals surface area contributed by atoms with Gasteiger partial charge in [0.1, 0.15) is 12.9 Å². The maximum absolute atomic E-state index is 5.93. The third-order valence-corrected chi connectivity index (χ3v) is 4.28. The Morgan fingerprint density at radius 2 is 1.86 bits per heavy atom. The van der Waals surface area contributed by atoms with E-state index in [0.717, 1.165) is 16.6 Å². The van der Waals surface area contributed by atoms with Crippen LogP contribution in [-0.2, 0) is 13.2 Å². The standard InChI is InChI=1S/C20H19N5O3/c1-26-16-6-5-14(8-17(16)27-2)10-25-13-24-19-18(25)20(23-12-22-19)28-11-15-4-3-7-21-9-15/h3-9,12-13H,10-11H2,1-2H3. The minimum atomic E-state index is 0.363. The highest BCUT2D eigenvalue weighted by atomic mass is 16.5. The smallest absolute Gasteiger partial charge is 0.243 e. The monoisotopic (exact) mass is 377 g/mol. The molecule has 142 valence electrons. The molecular weight excluding hydrogens is 358 g/mol. The normalized spacial score (nSPS) is 10.8. The zero-order valence-corrected chi connectivity index (χ0v) is 15.6. The van der Waals surface area contributed by atoms with E-state index in [1.807, 2.05) is 34.9 Å². The van der Waals surface area contributed by atoms with Crippen molar-refractivity contribution in [1.82, 2.24) is 24.5 Å². The number of imidazole rings is 1. The molecule has 0 aliphatic rings. The molecular formula is C20H19N5O3. The Morgan fingerprint density at radius 3 is 2.64 bits per heavy atom. The van der Waals surface area contributed by atoms with E-state index in [2.05, 4.69) is 19.9 Å². The molecule has 0 N–H and O–H groups in total. The van der Waals surface area contributed by atoms with E-state index in [0.29, 0.717) is 36.2 Å². The number of fused-ring (bicyclic) bond motifs is 1. The number of hydrogen-bond donors (Lipinski definition) is 0. The average Bonchev–Trinajstić information content (AvgIpc) is 3.16. The van der Waals surface area contributed by atoms with Gasteiger partial charge in [0.05, 0.1) is 20.5 Å². The first-order valence-corrected chi connectivity index (χ1v) is 8.67. The Balaban J connectivity index is 1.63. The minimum Gasteiger partial charge on any atom is -0.493 e. The van der Waals surface area contributed by atoms with E-state index in [-0.39, 0.29) is 0 Å². The van der Waals surface area contributed by atoms with Gasteiger partial charge in [-0.1, -0.05) is 12.1 Å². The molecule has 0 radical (unpaired) electrons. The molecule has 0 aliphatic carbocycles. The van der Waals surface area contributed by atoms with E-state index >= 15 is 0 Å². The van der Waals surface area contributed by atoms with Crippen LogP contribution in [0.5, 0.6) is 17.4 Å². The van der Waals surface area contributed by atoms with Gasteiger partial charge in [-0.05, 0) is 23.8 Å². The Hall–Kier alpha value is -3.68. The summed E-state index contributed by atoms with van der Waals surface area (Å²) in [4.78, 5) is 17.0. The third kappa shape index (κ3) is 3.57. The third-order valence-electron chi connectivity index (χ3n) is 4.28. The van der Waals surface area contributed by atoms with Crippen LogP contribution < -0.4 is 14.2 Å². The van der Waals surface area contributed by atoms with Gasteiger partial charge >= 0.3 is 0 Å². The first kappa shape index (κ1) is 17.7. The highest BCUT2D eigenvalue weighted by molar-refractivity contribution is 5.76. The lowest BCUT2D eigenvalue weighted by Gasteiger charge is -2.11. The van der Waals surface area contributed by atoms with E-state index < -0.39 is 0 Å². The molecule has 0 fully saturated rings. The molecule has 8 nitrogen and oxygen atoms in total. The fraction of sp³-hybridized carbons (Fsp3) is 0.200. The van der Waals surface area contributed by atoms with Crippen molar-refractivity contribution in [3.63, 3.8) is 0 Å². The molecule has 0 atom stereocenters. The second kappa shape index (κ2) is 7.91. The van der Waals surface area contributed by atoms with Crippen LogP contribution in [-0.4, -0.2) is 38.7 Å². The van der Waals surface area contributed by atoms with Crippen LogP contribution in [0, 0.1) is 0 Å². The lowest BCUT2D eigenvalue weighted by atomic mass is 10.2. The molecule has 0 spiro atoms. The van der Waals surface area contributed by atoms with Gasteiger partial charge in [0.25, 0.3) is 0 Å². The number of nitrogens with zero attached hydrogens (tertiary/aromatic N) is 5. The Kier molecular flexibility index (Phi) is 5.01. The van der Waals surface area contributed by atoms with Crippen LogP contribution >= 0.6 is 0 Å². The average molecular weight is 377 g/mol. The summed E-state index contributed by atoms with van der Waals surface area (Å²) in [5, 5.41) is 0. The van der Waals surface area contributed by atoms with Gasteiger partial charge in [-0.25, -0.2) is 9.97 Å². The zero-order chi connectivity index (χ0) is 19.3. The van der Waals surface area contributed by atoms with Crippen molar-refractivity contribution in [3.8, 4) is 17.4 Å². The summed E-state index contributed by atoms with van der Waals surface area (Å²) in [6.07, 6.45) is 6.67. The summed E-state index contributed by atoms with van der Waals surface area (Å²) in [6.45, 7) is 0.926. The summed E-state index contributed by atoms with van der Waals surface area (Å²) >= 11 is 0. The molecule has 0 amide bonds. The van der Waals surface area contributed by atoms with Crippen molar-refractivity contribution < 1.29 is 14.2 Å². The molecule has 28 heavy (non-hydrogen) atoms. The minimum absolute atomic E-state index is 0.363. The largest absolute Gasteiger partial charge is 0.493 e. The summed E-state index contributed by atoms with van der Waals surface area (Å²) in [5.41, 5.74) is 3.30. The van der Waals surface area contributed by atoms with Gasteiger partial charge in [-0.15, -0.1) is 0 Å². The van der Waals surface area contributed by atoms with Gasteiger partial charge in [0.2, 0.25) is 5.88 Å². The molecule has 3 heterocycles. The fourth-order valence-corrected chi connectivity index (χ4v) is 2.92.